The van der Waals surface area contributed by atoms with Crippen LogP contribution < -0.4 is 11.1 Å². The van der Waals surface area contributed by atoms with E-state index in [2.05, 4.69) is 57.3 Å². The first-order valence-electron chi connectivity index (χ1n) is 11.6. The second kappa shape index (κ2) is 10.4. The van der Waals surface area contributed by atoms with E-state index < -0.39 is 0 Å². The molecule has 0 radical (unpaired) electrons. The highest BCUT2D eigenvalue weighted by molar-refractivity contribution is 5.61. The lowest BCUT2D eigenvalue weighted by Crippen LogP contribution is -2.07. The number of aryl methyl sites for hydroxylation is 4. The van der Waals surface area contributed by atoms with Crippen LogP contribution in [0.4, 0.5) is 11.4 Å². The van der Waals surface area contributed by atoms with Gasteiger partial charge in [0.2, 0.25) is 0 Å². The molecule has 31 heavy (non-hydrogen) atoms. The van der Waals surface area contributed by atoms with Gasteiger partial charge in [-0.05, 0) is 71.6 Å². The summed E-state index contributed by atoms with van der Waals surface area (Å²) in [5.74, 6) is 0.338. The molecule has 3 rings (SSSR count). The van der Waals surface area contributed by atoms with Crippen LogP contribution in [0.25, 0.3) is 0 Å². The predicted molar refractivity (Wildman–Crippen MR) is 133 cm³/mol. The summed E-state index contributed by atoms with van der Waals surface area (Å²) in [6.07, 6.45) is 4.77. The first-order valence-corrected chi connectivity index (χ1v) is 11.6. The van der Waals surface area contributed by atoms with Gasteiger partial charge in [-0.1, -0.05) is 70.2 Å². The largest absolute Gasteiger partial charge is 0.508 e. The number of phenols is 1. The zero-order valence-electron chi connectivity index (χ0n) is 19.4. The van der Waals surface area contributed by atoms with Crippen LogP contribution in [-0.2, 0) is 38.6 Å². The molecule has 0 fully saturated rings. The Morgan fingerprint density at radius 1 is 0.710 bits per heavy atom. The van der Waals surface area contributed by atoms with Crippen LogP contribution in [0.1, 0.15) is 66.6 Å². The van der Waals surface area contributed by atoms with Gasteiger partial charge in [0.1, 0.15) is 5.75 Å². The van der Waals surface area contributed by atoms with Crippen molar-refractivity contribution in [2.24, 2.45) is 0 Å². The molecule has 3 aromatic carbocycles. The molecule has 0 aliphatic heterocycles. The molecule has 0 atom stereocenters. The maximum absolute atomic E-state index is 10.1. The minimum Gasteiger partial charge on any atom is -0.508 e. The molecular weight excluding hydrogens is 380 g/mol. The maximum atomic E-state index is 10.1. The van der Waals surface area contributed by atoms with E-state index in [1.807, 2.05) is 18.2 Å². The molecule has 0 heterocycles. The highest BCUT2D eigenvalue weighted by Gasteiger charge is 2.12. The molecule has 0 aliphatic rings. The third-order valence-corrected chi connectivity index (χ3v) is 6.15. The van der Waals surface area contributed by atoms with Crippen LogP contribution in [0, 0.1) is 0 Å². The fourth-order valence-corrected chi connectivity index (χ4v) is 4.34. The lowest BCUT2D eigenvalue weighted by molar-refractivity contribution is 0.469. The summed E-state index contributed by atoms with van der Waals surface area (Å²) in [6.45, 7) is 9.37. The van der Waals surface area contributed by atoms with Gasteiger partial charge in [0.15, 0.2) is 0 Å². The number of aromatic hydroxyl groups is 1. The van der Waals surface area contributed by atoms with Crippen LogP contribution in [0.2, 0.25) is 0 Å². The number of rotatable bonds is 9. The average molecular weight is 417 g/mol. The maximum Gasteiger partial charge on any atom is 0.120 e. The number of benzene rings is 3. The number of nitrogens with one attached hydrogen (secondary N) is 1. The van der Waals surface area contributed by atoms with E-state index in [-0.39, 0.29) is 0 Å². The Balaban J connectivity index is 1.91. The van der Waals surface area contributed by atoms with Gasteiger partial charge in [-0.15, -0.1) is 0 Å². The van der Waals surface area contributed by atoms with Crippen molar-refractivity contribution in [2.75, 3.05) is 11.1 Å². The summed E-state index contributed by atoms with van der Waals surface area (Å²) in [5, 5.41) is 13.7. The topological polar surface area (TPSA) is 58.3 Å². The number of hydrogen-bond acceptors (Lipinski definition) is 3. The molecule has 4 N–H and O–H groups in total. The molecule has 3 aromatic rings. The van der Waals surface area contributed by atoms with E-state index in [9.17, 15) is 5.11 Å². The first kappa shape index (κ1) is 22.7. The SMILES string of the molecule is CCc1cc(Cc2cc(CC)c(NCc3ccccc3O)c(CC)c2)cc(CC)c1N. The van der Waals surface area contributed by atoms with E-state index in [4.69, 9.17) is 5.73 Å². The van der Waals surface area contributed by atoms with Crippen molar-refractivity contribution in [2.45, 2.75) is 66.3 Å². The molecule has 0 saturated carbocycles. The molecule has 0 amide bonds. The number of phenolic OH excluding ortho intramolecular Hbond substituents is 1. The Labute approximate surface area is 187 Å². The summed E-state index contributed by atoms with van der Waals surface area (Å²) < 4.78 is 0. The van der Waals surface area contributed by atoms with Gasteiger partial charge in [0.05, 0.1) is 0 Å². The van der Waals surface area contributed by atoms with Gasteiger partial charge >= 0.3 is 0 Å². The fourth-order valence-electron chi connectivity index (χ4n) is 4.34. The molecule has 3 heteroatoms. The van der Waals surface area contributed by atoms with Crippen molar-refractivity contribution < 1.29 is 5.11 Å². The molecular formula is C28H36N2O. The third kappa shape index (κ3) is 5.22. The van der Waals surface area contributed by atoms with Gasteiger partial charge in [-0.25, -0.2) is 0 Å². The quantitative estimate of drug-likeness (QED) is 0.352. The van der Waals surface area contributed by atoms with E-state index in [0.717, 1.165) is 43.4 Å². The Morgan fingerprint density at radius 3 is 1.68 bits per heavy atom. The highest BCUT2D eigenvalue weighted by Crippen LogP contribution is 2.29. The van der Waals surface area contributed by atoms with Crippen LogP contribution in [0.15, 0.2) is 48.5 Å². The summed E-state index contributed by atoms with van der Waals surface area (Å²) in [5.41, 5.74) is 17.3. The number of nitrogen functional groups attached to an aromatic ring is 1. The number of nitrogens with two attached hydrogens (primary N) is 1. The van der Waals surface area contributed by atoms with Gasteiger partial charge in [-0.2, -0.15) is 0 Å². The Bertz CT molecular complexity index is 989. The minimum absolute atomic E-state index is 0.338. The Kier molecular flexibility index (Phi) is 7.62. The van der Waals surface area contributed by atoms with Crippen LogP contribution >= 0.6 is 0 Å². The highest BCUT2D eigenvalue weighted by atomic mass is 16.3. The molecule has 0 bridgehead atoms. The zero-order chi connectivity index (χ0) is 22.4. The van der Waals surface area contributed by atoms with Gasteiger partial charge in [0, 0.05) is 23.5 Å². The van der Waals surface area contributed by atoms with Gasteiger partial charge in [0.25, 0.3) is 0 Å². The molecule has 0 unspecified atom stereocenters. The van der Waals surface area contributed by atoms with E-state index in [0.29, 0.717) is 12.3 Å². The van der Waals surface area contributed by atoms with Crippen LogP contribution in [0.3, 0.4) is 0 Å². The molecule has 0 aliphatic carbocycles. The fraction of sp³-hybridized carbons (Fsp3) is 0.357. The predicted octanol–water partition coefficient (Wildman–Crippen LogP) is 6.43. The van der Waals surface area contributed by atoms with Crippen molar-refractivity contribution in [3.8, 4) is 5.75 Å². The lowest BCUT2D eigenvalue weighted by Gasteiger charge is -2.19. The summed E-state index contributed by atoms with van der Waals surface area (Å²) >= 11 is 0. The number of anilines is 2. The summed E-state index contributed by atoms with van der Waals surface area (Å²) in [6, 6.07) is 16.7. The molecule has 164 valence electrons. The number of hydrogen-bond donors (Lipinski definition) is 3. The first-order chi connectivity index (χ1) is 15.0. The third-order valence-electron chi connectivity index (χ3n) is 6.15. The van der Waals surface area contributed by atoms with Crippen molar-refractivity contribution >= 4 is 11.4 Å². The normalized spacial score (nSPS) is 11.0. The summed E-state index contributed by atoms with van der Waals surface area (Å²) in [7, 11) is 0. The molecule has 0 aromatic heterocycles. The zero-order valence-corrected chi connectivity index (χ0v) is 19.4. The van der Waals surface area contributed by atoms with Crippen molar-refractivity contribution in [3.05, 3.63) is 87.5 Å². The Hall–Kier alpha value is -2.94. The molecule has 3 nitrogen and oxygen atoms in total. The van der Waals surface area contributed by atoms with Crippen LogP contribution in [0.5, 0.6) is 5.75 Å². The second-order valence-electron chi connectivity index (χ2n) is 8.19. The van der Waals surface area contributed by atoms with Crippen molar-refractivity contribution in [3.63, 3.8) is 0 Å². The average Bonchev–Trinajstić information content (AvgIpc) is 2.79. The van der Waals surface area contributed by atoms with E-state index in [1.165, 1.54) is 39.1 Å². The monoisotopic (exact) mass is 416 g/mol. The van der Waals surface area contributed by atoms with Crippen LogP contribution in [-0.4, -0.2) is 5.11 Å². The van der Waals surface area contributed by atoms with Crippen molar-refractivity contribution in [1.29, 1.82) is 0 Å². The molecule has 0 saturated heterocycles. The Morgan fingerprint density at radius 2 is 1.19 bits per heavy atom. The smallest absolute Gasteiger partial charge is 0.120 e. The lowest BCUT2D eigenvalue weighted by atomic mass is 9.92. The van der Waals surface area contributed by atoms with Gasteiger partial charge in [-0.3, -0.25) is 0 Å². The van der Waals surface area contributed by atoms with E-state index in [1.54, 1.807) is 6.07 Å². The van der Waals surface area contributed by atoms with Crippen molar-refractivity contribution in [1.82, 2.24) is 0 Å². The summed E-state index contributed by atoms with van der Waals surface area (Å²) in [4.78, 5) is 0. The minimum atomic E-state index is 0.338. The van der Waals surface area contributed by atoms with Gasteiger partial charge < -0.3 is 16.2 Å². The van der Waals surface area contributed by atoms with E-state index >= 15 is 0 Å². The standard InChI is InChI=1S/C28H36N2O/c1-5-21-14-19(15-22(6-2)27(21)29)13-20-16-23(7-3)28(24(8-4)17-20)30-18-25-11-9-10-12-26(25)31/h9-12,14-17,30-31H,5-8,13,18,29H2,1-4H3. The number of para-hydroxylation sites is 1. The second-order valence-corrected chi connectivity index (χ2v) is 8.19. The molecule has 0 spiro atoms.